The summed E-state index contributed by atoms with van der Waals surface area (Å²) in [7, 11) is 2.87. The number of rotatable bonds is 11. The molecule has 0 fully saturated rings. The van der Waals surface area contributed by atoms with Crippen LogP contribution in [0.3, 0.4) is 0 Å². The number of ether oxygens (including phenoxy) is 3. The topological polar surface area (TPSA) is 106 Å². The molecule has 0 saturated heterocycles. The van der Waals surface area contributed by atoms with Crippen molar-refractivity contribution in [2.24, 2.45) is 0 Å². The van der Waals surface area contributed by atoms with E-state index in [4.69, 9.17) is 14.2 Å². The molecule has 0 aliphatic rings. The summed E-state index contributed by atoms with van der Waals surface area (Å²) in [6.07, 6.45) is 0. The standard InChI is InChI=1S/C27H31N3O6S/c1-6-30(17(2)3)19-11-9-18(10-12-19)28-25(31)16-36-27(33)20-14-22(34-4)23(35-5)15-21(20)29-26(32)24-8-7-13-37-24/h7-15,17H,6,16H2,1-5H3,(H,28,31)(H,29,32). The molecule has 37 heavy (non-hydrogen) atoms. The van der Waals surface area contributed by atoms with E-state index in [0.29, 0.717) is 22.4 Å². The molecule has 0 aliphatic carbocycles. The molecule has 1 heterocycles. The van der Waals surface area contributed by atoms with Gasteiger partial charge in [0, 0.05) is 36.1 Å². The van der Waals surface area contributed by atoms with E-state index in [-0.39, 0.29) is 17.0 Å². The summed E-state index contributed by atoms with van der Waals surface area (Å²) in [6, 6.07) is 14.1. The van der Waals surface area contributed by atoms with Crippen molar-refractivity contribution in [1.29, 1.82) is 0 Å². The first-order chi connectivity index (χ1) is 17.8. The minimum atomic E-state index is -0.802. The Balaban J connectivity index is 1.70. The fourth-order valence-corrected chi connectivity index (χ4v) is 4.35. The van der Waals surface area contributed by atoms with E-state index in [9.17, 15) is 14.4 Å². The van der Waals surface area contributed by atoms with E-state index < -0.39 is 24.4 Å². The van der Waals surface area contributed by atoms with Gasteiger partial charge >= 0.3 is 5.97 Å². The Morgan fingerprint density at radius 2 is 1.65 bits per heavy atom. The summed E-state index contributed by atoms with van der Waals surface area (Å²) in [5, 5.41) is 7.20. The minimum Gasteiger partial charge on any atom is -0.493 e. The third-order valence-corrected chi connectivity index (χ3v) is 6.39. The van der Waals surface area contributed by atoms with Crippen molar-refractivity contribution < 1.29 is 28.6 Å². The summed E-state index contributed by atoms with van der Waals surface area (Å²) in [6.45, 7) is 6.67. The van der Waals surface area contributed by atoms with Gasteiger partial charge in [-0.15, -0.1) is 11.3 Å². The van der Waals surface area contributed by atoms with Crippen LogP contribution in [0.15, 0.2) is 53.9 Å². The van der Waals surface area contributed by atoms with E-state index in [1.54, 1.807) is 29.6 Å². The van der Waals surface area contributed by atoms with Crippen LogP contribution in [0.2, 0.25) is 0 Å². The molecule has 0 bridgehead atoms. The second-order valence-corrected chi connectivity index (χ2v) is 9.18. The van der Waals surface area contributed by atoms with Crippen molar-refractivity contribution in [2.45, 2.75) is 26.8 Å². The molecule has 196 valence electrons. The largest absolute Gasteiger partial charge is 0.493 e. The number of benzene rings is 2. The maximum absolute atomic E-state index is 12.9. The Morgan fingerprint density at radius 3 is 2.22 bits per heavy atom. The number of thiophene rings is 1. The highest BCUT2D eigenvalue weighted by Crippen LogP contribution is 2.34. The van der Waals surface area contributed by atoms with Gasteiger partial charge in [0.1, 0.15) is 0 Å². The Bertz CT molecular complexity index is 1230. The van der Waals surface area contributed by atoms with Crippen LogP contribution in [-0.4, -0.2) is 51.2 Å². The zero-order valence-corrected chi connectivity index (χ0v) is 22.3. The molecule has 0 unspecified atom stereocenters. The molecule has 2 aromatic carbocycles. The van der Waals surface area contributed by atoms with Crippen molar-refractivity contribution in [3.05, 3.63) is 64.4 Å². The number of carbonyl (C=O) groups excluding carboxylic acids is 3. The molecular weight excluding hydrogens is 494 g/mol. The van der Waals surface area contributed by atoms with Gasteiger partial charge in [-0.05, 0) is 56.5 Å². The maximum atomic E-state index is 12.9. The van der Waals surface area contributed by atoms with Gasteiger partial charge < -0.3 is 29.7 Å². The fourth-order valence-electron chi connectivity index (χ4n) is 3.73. The molecule has 0 saturated carbocycles. The molecule has 3 aromatic rings. The molecule has 10 heteroatoms. The number of amides is 2. The second kappa shape index (κ2) is 12.8. The van der Waals surface area contributed by atoms with Crippen LogP contribution >= 0.6 is 11.3 Å². The van der Waals surface area contributed by atoms with Gasteiger partial charge in [-0.1, -0.05) is 6.07 Å². The van der Waals surface area contributed by atoms with Crippen LogP contribution < -0.4 is 25.0 Å². The minimum absolute atomic E-state index is 0.0213. The van der Waals surface area contributed by atoms with E-state index in [1.165, 1.54) is 37.7 Å². The molecule has 2 N–H and O–H groups in total. The van der Waals surface area contributed by atoms with Crippen LogP contribution in [0.1, 0.15) is 40.8 Å². The summed E-state index contributed by atoms with van der Waals surface area (Å²) in [5.74, 6) is -1.10. The summed E-state index contributed by atoms with van der Waals surface area (Å²) < 4.78 is 15.8. The Labute approximate surface area is 220 Å². The van der Waals surface area contributed by atoms with Gasteiger partial charge in [-0.3, -0.25) is 9.59 Å². The highest BCUT2D eigenvalue weighted by atomic mass is 32.1. The second-order valence-electron chi connectivity index (χ2n) is 8.24. The van der Waals surface area contributed by atoms with E-state index in [0.717, 1.165) is 12.2 Å². The van der Waals surface area contributed by atoms with Crippen molar-refractivity contribution in [2.75, 3.05) is 42.9 Å². The number of nitrogens with zero attached hydrogens (tertiary/aromatic N) is 1. The van der Waals surface area contributed by atoms with E-state index in [2.05, 4.69) is 36.3 Å². The molecular formula is C27H31N3O6S. The van der Waals surface area contributed by atoms with Crippen molar-refractivity contribution in [3.8, 4) is 11.5 Å². The number of hydrogen-bond acceptors (Lipinski definition) is 8. The SMILES string of the molecule is CCN(c1ccc(NC(=O)COC(=O)c2cc(OC)c(OC)cc2NC(=O)c2cccs2)cc1)C(C)C. The van der Waals surface area contributed by atoms with Gasteiger partial charge in [0.15, 0.2) is 18.1 Å². The molecule has 0 spiro atoms. The van der Waals surface area contributed by atoms with Crippen LogP contribution in [-0.2, 0) is 9.53 Å². The van der Waals surface area contributed by atoms with Gasteiger partial charge in [0.25, 0.3) is 11.8 Å². The van der Waals surface area contributed by atoms with Crippen LogP contribution in [0, 0.1) is 0 Å². The van der Waals surface area contributed by atoms with Crippen molar-refractivity contribution >= 4 is 46.2 Å². The van der Waals surface area contributed by atoms with Gasteiger partial charge in [-0.25, -0.2) is 4.79 Å². The predicted octanol–water partition coefficient (Wildman–Crippen LogP) is 5.05. The average Bonchev–Trinajstić information content (AvgIpc) is 3.43. The number of methoxy groups -OCH3 is 2. The normalized spacial score (nSPS) is 10.5. The quantitative estimate of drug-likeness (QED) is 0.338. The number of hydrogen-bond donors (Lipinski definition) is 2. The molecule has 0 radical (unpaired) electrons. The lowest BCUT2D eigenvalue weighted by Gasteiger charge is -2.27. The number of esters is 1. The van der Waals surface area contributed by atoms with Gasteiger partial charge in [0.2, 0.25) is 0 Å². The van der Waals surface area contributed by atoms with Crippen LogP contribution in [0.5, 0.6) is 11.5 Å². The highest BCUT2D eigenvalue weighted by molar-refractivity contribution is 7.12. The average molecular weight is 526 g/mol. The Morgan fingerprint density at radius 1 is 0.973 bits per heavy atom. The lowest BCUT2D eigenvalue weighted by Crippen LogP contribution is -2.30. The third kappa shape index (κ3) is 7.01. The van der Waals surface area contributed by atoms with Crippen molar-refractivity contribution in [3.63, 3.8) is 0 Å². The third-order valence-electron chi connectivity index (χ3n) is 5.52. The molecule has 0 atom stereocenters. The molecule has 1 aromatic heterocycles. The number of anilines is 3. The first-order valence-corrected chi connectivity index (χ1v) is 12.6. The van der Waals surface area contributed by atoms with E-state index >= 15 is 0 Å². The first-order valence-electron chi connectivity index (χ1n) is 11.7. The predicted molar refractivity (Wildman–Crippen MR) is 145 cm³/mol. The smallest absolute Gasteiger partial charge is 0.340 e. The molecule has 3 rings (SSSR count). The first kappa shape index (κ1) is 27.5. The number of carbonyl (C=O) groups is 3. The molecule has 2 amide bonds. The van der Waals surface area contributed by atoms with Gasteiger partial charge in [-0.2, -0.15) is 0 Å². The summed E-state index contributed by atoms with van der Waals surface area (Å²) in [5.41, 5.74) is 1.82. The zero-order valence-electron chi connectivity index (χ0n) is 21.5. The Hall–Kier alpha value is -4.05. The monoisotopic (exact) mass is 525 g/mol. The highest BCUT2D eigenvalue weighted by Gasteiger charge is 2.21. The zero-order chi connectivity index (χ0) is 26.9. The molecule has 9 nitrogen and oxygen atoms in total. The summed E-state index contributed by atoms with van der Waals surface area (Å²) >= 11 is 1.26. The fraction of sp³-hybridized carbons (Fsp3) is 0.296. The lowest BCUT2D eigenvalue weighted by atomic mass is 10.1. The van der Waals surface area contributed by atoms with Crippen LogP contribution in [0.4, 0.5) is 17.1 Å². The van der Waals surface area contributed by atoms with E-state index in [1.807, 2.05) is 12.1 Å². The van der Waals surface area contributed by atoms with Crippen LogP contribution in [0.25, 0.3) is 0 Å². The Kier molecular flexibility index (Phi) is 9.51. The van der Waals surface area contributed by atoms with Crippen molar-refractivity contribution in [1.82, 2.24) is 0 Å². The molecule has 0 aliphatic heterocycles. The lowest BCUT2D eigenvalue weighted by molar-refractivity contribution is -0.119. The maximum Gasteiger partial charge on any atom is 0.340 e. The number of nitrogens with one attached hydrogen (secondary N) is 2. The van der Waals surface area contributed by atoms with Gasteiger partial charge in [0.05, 0.1) is 30.3 Å². The summed E-state index contributed by atoms with van der Waals surface area (Å²) in [4.78, 5) is 40.7.